The highest BCUT2D eigenvalue weighted by atomic mass is 32.1. The third-order valence-corrected chi connectivity index (χ3v) is 5.78. The molecule has 0 spiro atoms. The van der Waals surface area contributed by atoms with Gasteiger partial charge in [-0.05, 0) is 32.0 Å². The molecule has 0 aliphatic rings. The van der Waals surface area contributed by atoms with Crippen LogP contribution in [-0.4, -0.2) is 32.2 Å². The van der Waals surface area contributed by atoms with Crippen LogP contribution in [0, 0.1) is 0 Å². The van der Waals surface area contributed by atoms with E-state index in [1.54, 1.807) is 12.3 Å². The lowest BCUT2D eigenvalue weighted by Crippen LogP contribution is -2.27. The lowest BCUT2D eigenvalue weighted by Gasteiger charge is -2.09. The van der Waals surface area contributed by atoms with Crippen LogP contribution in [0.25, 0.3) is 21.8 Å². The Hall–Kier alpha value is -3.69. The van der Waals surface area contributed by atoms with Crippen molar-refractivity contribution in [3.05, 3.63) is 82.9 Å². The second-order valence-electron chi connectivity index (χ2n) is 7.63. The molecule has 0 atom stereocenters. The van der Waals surface area contributed by atoms with Crippen molar-refractivity contribution in [1.82, 2.24) is 25.1 Å². The first-order chi connectivity index (χ1) is 16.0. The van der Waals surface area contributed by atoms with Gasteiger partial charge in [-0.1, -0.05) is 47.7 Å². The smallest absolute Gasteiger partial charge is 0.267 e. The van der Waals surface area contributed by atoms with E-state index in [1.165, 1.54) is 22.1 Å². The minimum absolute atomic E-state index is 0.0742. The van der Waals surface area contributed by atoms with Crippen molar-refractivity contribution < 1.29 is 4.79 Å². The molecule has 4 rings (SSSR count). The van der Waals surface area contributed by atoms with Gasteiger partial charge in [0.25, 0.3) is 5.56 Å². The van der Waals surface area contributed by atoms with E-state index in [1.807, 2.05) is 62.4 Å². The number of hydrogen-bond donors (Lipinski definition) is 2. The molecule has 0 unspecified atom stereocenters. The van der Waals surface area contributed by atoms with Crippen molar-refractivity contribution in [3.63, 3.8) is 0 Å². The van der Waals surface area contributed by atoms with Gasteiger partial charge < -0.3 is 10.6 Å². The summed E-state index contributed by atoms with van der Waals surface area (Å²) in [5.41, 5.74) is 2.94. The second-order valence-corrected chi connectivity index (χ2v) is 8.63. The Balaban J connectivity index is 1.57. The molecule has 9 heteroatoms. The van der Waals surface area contributed by atoms with Gasteiger partial charge in [0.1, 0.15) is 5.69 Å². The highest BCUT2D eigenvalue weighted by Gasteiger charge is 2.18. The first-order valence-electron chi connectivity index (χ1n) is 10.6. The molecule has 3 aromatic heterocycles. The fourth-order valence-electron chi connectivity index (χ4n) is 3.23. The van der Waals surface area contributed by atoms with Crippen LogP contribution in [0.1, 0.15) is 25.6 Å². The number of nitrogens with one attached hydrogen (secondary N) is 2. The quantitative estimate of drug-likeness (QED) is 0.415. The van der Waals surface area contributed by atoms with Crippen molar-refractivity contribution in [2.24, 2.45) is 0 Å². The zero-order chi connectivity index (χ0) is 23.2. The van der Waals surface area contributed by atoms with E-state index >= 15 is 0 Å². The predicted octanol–water partition coefficient (Wildman–Crippen LogP) is 3.74. The van der Waals surface area contributed by atoms with Gasteiger partial charge in [-0.3, -0.25) is 14.6 Å². The first-order valence-corrected chi connectivity index (χ1v) is 11.4. The van der Waals surface area contributed by atoms with Crippen LogP contribution in [-0.2, 0) is 11.3 Å². The summed E-state index contributed by atoms with van der Waals surface area (Å²) in [6, 6.07) is 18.5. The lowest BCUT2D eigenvalue weighted by molar-refractivity contribution is -0.115. The number of anilines is 1. The minimum Gasteiger partial charge on any atom is -0.303 e. The monoisotopic (exact) mass is 460 g/mol. The Morgan fingerprint density at radius 1 is 1.06 bits per heavy atom. The van der Waals surface area contributed by atoms with E-state index in [0.717, 1.165) is 16.1 Å². The first kappa shape index (κ1) is 22.5. The Labute approximate surface area is 195 Å². The van der Waals surface area contributed by atoms with Gasteiger partial charge in [0.05, 0.1) is 28.9 Å². The molecule has 33 heavy (non-hydrogen) atoms. The number of thiazole rings is 1. The van der Waals surface area contributed by atoms with Crippen molar-refractivity contribution in [2.75, 3.05) is 11.9 Å². The molecule has 1 aromatic carbocycles. The molecule has 0 fully saturated rings. The summed E-state index contributed by atoms with van der Waals surface area (Å²) < 4.78 is 1.45. The minimum atomic E-state index is -0.203. The fraction of sp³-hybridized carbons (Fsp3) is 0.208. The van der Waals surface area contributed by atoms with E-state index in [-0.39, 0.29) is 24.1 Å². The number of carbonyl (C=O) groups excluding carboxylic acids is 1. The molecule has 0 saturated carbocycles. The molecule has 8 nitrogen and oxygen atoms in total. The molecule has 4 aromatic rings. The summed E-state index contributed by atoms with van der Waals surface area (Å²) >= 11 is 1.33. The van der Waals surface area contributed by atoms with Crippen molar-refractivity contribution in [2.45, 2.75) is 26.4 Å². The van der Waals surface area contributed by atoms with E-state index in [4.69, 9.17) is 0 Å². The highest BCUT2D eigenvalue weighted by Crippen LogP contribution is 2.37. The summed E-state index contributed by atoms with van der Waals surface area (Å²) in [5, 5.41) is 11.0. The van der Waals surface area contributed by atoms with E-state index in [2.05, 4.69) is 25.7 Å². The van der Waals surface area contributed by atoms with Crippen LogP contribution in [0.4, 0.5) is 5.13 Å². The van der Waals surface area contributed by atoms with Crippen LogP contribution in [0.2, 0.25) is 0 Å². The number of nitrogens with zero attached hydrogens (tertiary/aromatic N) is 4. The summed E-state index contributed by atoms with van der Waals surface area (Å²) in [6.45, 7) is 4.44. The Morgan fingerprint density at radius 2 is 1.85 bits per heavy atom. The average molecular weight is 461 g/mol. The fourth-order valence-corrected chi connectivity index (χ4v) is 4.19. The van der Waals surface area contributed by atoms with Gasteiger partial charge in [-0.2, -0.15) is 5.10 Å². The van der Waals surface area contributed by atoms with E-state index in [0.29, 0.717) is 23.1 Å². The largest absolute Gasteiger partial charge is 0.303 e. The lowest BCUT2D eigenvalue weighted by atomic mass is 10.1. The Morgan fingerprint density at radius 3 is 2.58 bits per heavy atom. The van der Waals surface area contributed by atoms with E-state index < -0.39 is 0 Å². The maximum absolute atomic E-state index is 12.5. The van der Waals surface area contributed by atoms with Gasteiger partial charge >= 0.3 is 0 Å². The van der Waals surface area contributed by atoms with Crippen molar-refractivity contribution in [1.29, 1.82) is 0 Å². The van der Waals surface area contributed by atoms with Gasteiger partial charge in [0.15, 0.2) is 5.13 Å². The number of aromatic nitrogens is 4. The van der Waals surface area contributed by atoms with Crippen LogP contribution in [0.15, 0.2) is 71.7 Å². The van der Waals surface area contributed by atoms with E-state index in [9.17, 15) is 9.59 Å². The number of pyridine rings is 1. The molecule has 0 saturated heterocycles. The second kappa shape index (κ2) is 10.3. The number of carbonyl (C=O) groups is 1. The molecular formula is C24H24N6O2S. The molecule has 0 bridgehead atoms. The number of rotatable bonds is 8. The number of hydrogen-bond acceptors (Lipinski definition) is 7. The average Bonchev–Trinajstić information content (AvgIpc) is 3.24. The van der Waals surface area contributed by atoms with Crippen molar-refractivity contribution in [3.8, 4) is 21.8 Å². The molecule has 168 valence electrons. The standard InChI is InChI=1S/C24H24N6O2S/c1-16(2)30-21(32)12-11-19(29-30)23-22(17-8-4-3-5-9-17)28-24(33-23)27-20(31)15-25-14-18-10-6-7-13-26-18/h3-13,16,25H,14-15H2,1-2H3,(H,27,28,31). The van der Waals surface area contributed by atoms with Crippen LogP contribution < -0.4 is 16.2 Å². The van der Waals surface area contributed by atoms with Gasteiger partial charge in [-0.25, -0.2) is 9.67 Å². The van der Waals surface area contributed by atoms with Crippen LogP contribution in [0.5, 0.6) is 0 Å². The molecular weight excluding hydrogens is 436 g/mol. The summed E-state index contributed by atoms with van der Waals surface area (Å²) in [6.07, 6.45) is 1.72. The van der Waals surface area contributed by atoms with Gasteiger partial charge in [-0.15, -0.1) is 0 Å². The molecule has 1 amide bonds. The maximum Gasteiger partial charge on any atom is 0.267 e. The maximum atomic E-state index is 12.5. The van der Waals surface area contributed by atoms with Crippen molar-refractivity contribution >= 4 is 22.4 Å². The summed E-state index contributed by atoms with van der Waals surface area (Å²) in [5.74, 6) is -0.203. The highest BCUT2D eigenvalue weighted by molar-refractivity contribution is 7.19. The molecule has 0 aliphatic heterocycles. The zero-order valence-electron chi connectivity index (χ0n) is 18.4. The summed E-state index contributed by atoms with van der Waals surface area (Å²) in [4.78, 5) is 34.4. The molecule has 2 N–H and O–H groups in total. The third kappa shape index (κ3) is 5.57. The number of amides is 1. The van der Waals surface area contributed by atoms with Crippen LogP contribution in [0.3, 0.4) is 0 Å². The van der Waals surface area contributed by atoms with Gasteiger partial charge in [0.2, 0.25) is 5.91 Å². The topological polar surface area (TPSA) is 102 Å². The molecule has 3 heterocycles. The predicted molar refractivity (Wildman–Crippen MR) is 130 cm³/mol. The zero-order valence-corrected chi connectivity index (χ0v) is 19.2. The Kier molecular flexibility index (Phi) is 7.01. The Bertz CT molecular complexity index is 1290. The third-order valence-electron chi connectivity index (χ3n) is 4.79. The number of benzene rings is 1. The van der Waals surface area contributed by atoms with Crippen LogP contribution >= 0.6 is 11.3 Å². The van der Waals surface area contributed by atoms with Gasteiger partial charge in [0, 0.05) is 24.4 Å². The summed E-state index contributed by atoms with van der Waals surface area (Å²) in [7, 11) is 0. The SMILES string of the molecule is CC(C)n1nc(-c2sc(NC(=O)CNCc3ccccn3)nc2-c2ccccc2)ccc1=O. The normalized spacial score (nSPS) is 11.0. The molecule has 0 aliphatic carbocycles. The molecule has 0 radical (unpaired) electrons.